The van der Waals surface area contributed by atoms with Crippen molar-refractivity contribution in [2.45, 2.75) is 6.92 Å². The lowest BCUT2D eigenvalue weighted by molar-refractivity contribution is 0.978. The average Bonchev–Trinajstić information content (AvgIpc) is 2.77. The van der Waals surface area contributed by atoms with E-state index < -0.39 is 0 Å². The van der Waals surface area contributed by atoms with Crippen molar-refractivity contribution in [2.75, 3.05) is 12.4 Å². The number of benzene rings is 1. The third kappa shape index (κ3) is 1.67. The van der Waals surface area contributed by atoms with Crippen LogP contribution < -0.4 is 5.32 Å². The molecule has 0 amide bonds. The van der Waals surface area contributed by atoms with E-state index in [9.17, 15) is 0 Å². The number of H-pyrrole nitrogens is 1. The summed E-state index contributed by atoms with van der Waals surface area (Å²) in [5.41, 5.74) is 3.61. The molecule has 0 aliphatic rings. The normalized spacial score (nSPS) is 10.8. The van der Waals surface area contributed by atoms with E-state index in [-0.39, 0.29) is 0 Å². The van der Waals surface area contributed by atoms with Gasteiger partial charge in [-0.2, -0.15) is 0 Å². The molecule has 0 unspecified atom stereocenters. The molecule has 0 aliphatic heterocycles. The number of nitrogens with one attached hydrogen (secondary N) is 2. The van der Waals surface area contributed by atoms with Crippen molar-refractivity contribution in [3.05, 3.63) is 30.4 Å². The molecule has 3 aromatic rings. The van der Waals surface area contributed by atoms with E-state index in [0.29, 0.717) is 5.82 Å². The Morgan fingerprint density at radius 1 is 1.28 bits per heavy atom. The lowest BCUT2D eigenvalue weighted by Gasteiger charge is -2.05. The minimum Gasteiger partial charge on any atom is -0.371 e. The van der Waals surface area contributed by atoms with Crippen molar-refractivity contribution in [1.82, 2.24) is 25.1 Å². The van der Waals surface area contributed by atoms with Gasteiger partial charge in [0.25, 0.3) is 0 Å². The highest BCUT2D eigenvalue weighted by Gasteiger charge is 2.09. The van der Waals surface area contributed by atoms with Gasteiger partial charge in [0.15, 0.2) is 5.82 Å². The summed E-state index contributed by atoms with van der Waals surface area (Å²) in [5, 5.41) is 11.0. The second-order valence-electron chi connectivity index (χ2n) is 3.96. The van der Waals surface area contributed by atoms with Crippen molar-refractivity contribution in [3.8, 4) is 11.3 Å². The SMILES string of the molecule is CNc1ncnnc1-c1ccc2nc(C)[nH]c2c1. The number of hydrogen-bond acceptors (Lipinski definition) is 5. The number of nitrogens with zero attached hydrogens (tertiary/aromatic N) is 4. The van der Waals surface area contributed by atoms with E-state index in [4.69, 9.17) is 0 Å². The van der Waals surface area contributed by atoms with Gasteiger partial charge in [-0.3, -0.25) is 0 Å². The van der Waals surface area contributed by atoms with E-state index in [1.54, 1.807) is 0 Å². The Labute approximate surface area is 104 Å². The molecular weight excluding hydrogens is 228 g/mol. The second-order valence-corrected chi connectivity index (χ2v) is 3.96. The first-order valence-corrected chi connectivity index (χ1v) is 5.60. The molecule has 90 valence electrons. The van der Waals surface area contributed by atoms with Crippen LogP contribution in [-0.4, -0.2) is 32.2 Å². The van der Waals surface area contributed by atoms with Gasteiger partial charge in [0, 0.05) is 12.6 Å². The Kier molecular flexibility index (Phi) is 2.40. The van der Waals surface area contributed by atoms with E-state index in [1.165, 1.54) is 6.33 Å². The summed E-state index contributed by atoms with van der Waals surface area (Å²) in [4.78, 5) is 11.7. The van der Waals surface area contributed by atoms with E-state index in [0.717, 1.165) is 28.1 Å². The molecule has 2 N–H and O–H groups in total. The number of aromatic nitrogens is 5. The fraction of sp³-hybridized carbons (Fsp3) is 0.167. The van der Waals surface area contributed by atoms with Crippen molar-refractivity contribution in [2.24, 2.45) is 0 Å². The second kappa shape index (κ2) is 4.06. The molecule has 0 atom stereocenters. The van der Waals surface area contributed by atoms with Crippen LogP contribution in [-0.2, 0) is 0 Å². The van der Waals surface area contributed by atoms with E-state index in [2.05, 4.69) is 30.5 Å². The molecule has 1 aromatic carbocycles. The third-order valence-corrected chi connectivity index (χ3v) is 2.73. The highest BCUT2D eigenvalue weighted by Crippen LogP contribution is 2.25. The Bertz CT molecular complexity index is 703. The van der Waals surface area contributed by atoms with E-state index in [1.807, 2.05) is 32.2 Å². The predicted octanol–water partition coefficient (Wildman–Crippen LogP) is 1.77. The van der Waals surface area contributed by atoms with Crippen LogP contribution >= 0.6 is 0 Å². The summed E-state index contributed by atoms with van der Waals surface area (Å²) >= 11 is 0. The first kappa shape index (κ1) is 10.6. The monoisotopic (exact) mass is 240 g/mol. The van der Waals surface area contributed by atoms with Gasteiger partial charge >= 0.3 is 0 Å². The molecule has 0 fully saturated rings. The fourth-order valence-electron chi connectivity index (χ4n) is 1.94. The van der Waals surface area contributed by atoms with Gasteiger partial charge in [-0.15, -0.1) is 10.2 Å². The maximum absolute atomic E-state index is 4.37. The number of hydrogen-bond donors (Lipinski definition) is 2. The number of fused-ring (bicyclic) bond motifs is 1. The summed E-state index contributed by atoms with van der Waals surface area (Å²) < 4.78 is 0. The molecule has 0 saturated carbocycles. The molecule has 3 rings (SSSR count). The summed E-state index contributed by atoms with van der Waals surface area (Å²) in [6.07, 6.45) is 1.42. The molecule has 6 heteroatoms. The van der Waals surface area contributed by atoms with Crippen LogP contribution in [0.15, 0.2) is 24.5 Å². The summed E-state index contributed by atoms with van der Waals surface area (Å²) in [7, 11) is 1.81. The molecule has 0 aliphatic carbocycles. The molecule has 18 heavy (non-hydrogen) atoms. The van der Waals surface area contributed by atoms with Gasteiger partial charge in [0.05, 0.1) is 11.0 Å². The van der Waals surface area contributed by atoms with Gasteiger partial charge in [-0.25, -0.2) is 9.97 Å². The maximum atomic E-state index is 4.37. The van der Waals surface area contributed by atoms with Gasteiger partial charge in [0.1, 0.15) is 17.8 Å². The number of anilines is 1. The van der Waals surface area contributed by atoms with Crippen LogP contribution in [0.25, 0.3) is 22.3 Å². The van der Waals surface area contributed by atoms with Crippen molar-refractivity contribution in [1.29, 1.82) is 0 Å². The van der Waals surface area contributed by atoms with Crippen LogP contribution in [0.5, 0.6) is 0 Å². The van der Waals surface area contributed by atoms with Crippen molar-refractivity contribution >= 4 is 16.9 Å². The number of imidazole rings is 1. The maximum Gasteiger partial charge on any atom is 0.156 e. The first-order chi connectivity index (χ1) is 8.78. The molecule has 6 nitrogen and oxygen atoms in total. The molecule has 0 saturated heterocycles. The smallest absolute Gasteiger partial charge is 0.156 e. The standard InChI is InChI=1S/C12H12N6/c1-7-16-9-4-3-8(5-10(9)17-7)11-12(13-2)14-6-15-18-11/h3-6H,1-2H3,(H,16,17)(H,13,14,15). The molecule has 0 spiro atoms. The van der Waals surface area contributed by atoms with Crippen molar-refractivity contribution < 1.29 is 0 Å². The number of aromatic amines is 1. The van der Waals surface area contributed by atoms with Gasteiger partial charge < -0.3 is 10.3 Å². The zero-order chi connectivity index (χ0) is 12.5. The Morgan fingerprint density at radius 3 is 3.00 bits per heavy atom. The zero-order valence-electron chi connectivity index (χ0n) is 10.1. The quantitative estimate of drug-likeness (QED) is 0.713. The Morgan fingerprint density at radius 2 is 2.17 bits per heavy atom. The lowest BCUT2D eigenvalue weighted by atomic mass is 10.1. The molecular formula is C12H12N6. The van der Waals surface area contributed by atoms with Crippen molar-refractivity contribution in [3.63, 3.8) is 0 Å². The van der Waals surface area contributed by atoms with Crippen LogP contribution in [0.2, 0.25) is 0 Å². The number of aryl methyl sites for hydroxylation is 1. The van der Waals surface area contributed by atoms with Gasteiger partial charge in [-0.1, -0.05) is 6.07 Å². The van der Waals surface area contributed by atoms with Crippen LogP contribution in [0, 0.1) is 6.92 Å². The molecule has 2 heterocycles. The zero-order valence-corrected chi connectivity index (χ0v) is 10.1. The van der Waals surface area contributed by atoms with Crippen LogP contribution in [0.1, 0.15) is 5.82 Å². The molecule has 0 bridgehead atoms. The van der Waals surface area contributed by atoms with Gasteiger partial charge in [-0.05, 0) is 19.1 Å². The highest BCUT2D eigenvalue weighted by atomic mass is 15.2. The highest BCUT2D eigenvalue weighted by molar-refractivity contribution is 5.83. The Hall–Kier alpha value is -2.50. The van der Waals surface area contributed by atoms with Gasteiger partial charge in [0.2, 0.25) is 0 Å². The largest absolute Gasteiger partial charge is 0.371 e. The lowest BCUT2D eigenvalue weighted by Crippen LogP contribution is -1.99. The minimum atomic E-state index is 0.709. The van der Waals surface area contributed by atoms with Crippen LogP contribution in [0.3, 0.4) is 0 Å². The Balaban J connectivity index is 2.18. The summed E-state index contributed by atoms with van der Waals surface area (Å²) in [5.74, 6) is 1.61. The minimum absolute atomic E-state index is 0.709. The van der Waals surface area contributed by atoms with E-state index >= 15 is 0 Å². The predicted molar refractivity (Wildman–Crippen MR) is 69.2 cm³/mol. The topological polar surface area (TPSA) is 79.4 Å². The summed E-state index contributed by atoms with van der Waals surface area (Å²) in [6.45, 7) is 1.93. The number of rotatable bonds is 2. The average molecular weight is 240 g/mol. The molecule has 0 radical (unpaired) electrons. The fourth-order valence-corrected chi connectivity index (χ4v) is 1.94. The molecule has 2 aromatic heterocycles. The third-order valence-electron chi connectivity index (χ3n) is 2.73. The summed E-state index contributed by atoms with van der Waals surface area (Å²) in [6, 6.07) is 5.93. The van der Waals surface area contributed by atoms with Crippen LogP contribution in [0.4, 0.5) is 5.82 Å². The first-order valence-electron chi connectivity index (χ1n) is 5.60.